The van der Waals surface area contributed by atoms with Crippen LogP contribution in [-0.4, -0.2) is 15.1 Å². The lowest BCUT2D eigenvalue weighted by Gasteiger charge is -2.22. The summed E-state index contributed by atoms with van der Waals surface area (Å²) in [7, 11) is 0. The predicted octanol–water partition coefficient (Wildman–Crippen LogP) is 2.78. The molecule has 1 heterocycles. The van der Waals surface area contributed by atoms with Gasteiger partial charge in [-0.3, -0.25) is 0 Å². The van der Waals surface area contributed by atoms with Crippen molar-refractivity contribution in [2.24, 2.45) is 5.41 Å². The van der Waals surface area contributed by atoms with Crippen molar-refractivity contribution >= 4 is 28.2 Å². The van der Waals surface area contributed by atoms with Crippen LogP contribution in [0.1, 0.15) is 38.1 Å². The molecule has 1 aliphatic carbocycles. The highest BCUT2D eigenvalue weighted by Crippen LogP contribution is 2.44. The van der Waals surface area contributed by atoms with Gasteiger partial charge < -0.3 is 5.11 Å². The summed E-state index contributed by atoms with van der Waals surface area (Å²) in [6.45, 7) is 4.41. The van der Waals surface area contributed by atoms with E-state index in [-0.39, 0.29) is 12.0 Å². The van der Waals surface area contributed by atoms with E-state index < -0.39 is 0 Å². The van der Waals surface area contributed by atoms with Gasteiger partial charge in [0.25, 0.3) is 0 Å². The first-order valence-corrected chi connectivity index (χ1v) is 6.46. The molecule has 0 unspecified atom stereocenters. The van der Waals surface area contributed by atoms with E-state index in [2.05, 4.69) is 52.5 Å². The van der Waals surface area contributed by atoms with Gasteiger partial charge in [0.15, 0.2) is 0 Å². The number of rotatable bonds is 2. The molecular weight excluding hydrogens is 315 g/mol. The molecule has 16 heavy (non-hydrogen) atoms. The van der Waals surface area contributed by atoms with Crippen molar-refractivity contribution < 1.29 is 5.11 Å². The Labute approximate surface area is 109 Å². The molecule has 4 heteroatoms. The maximum Gasteiger partial charge on any atom is 0.127 e. The van der Waals surface area contributed by atoms with E-state index in [4.69, 9.17) is 5.11 Å². The van der Waals surface area contributed by atoms with Gasteiger partial charge in [-0.15, -0.1) is 0 Å². The van der Waals surface area contributed by atoms with Crippen LogP contribution < -0.4 is 0 Å². The monoisotopic (exact) mass is 330 g/mol. The fraction of sp³-hybridized carbons (Fsp3) is 0.500. The number of aliphatic hydroxyl groups excluding tert-OH is 1. The zero-order valence-electron chi connectivity index (χ0n) is 9.50. The molecular formula is C12H15IN2O. The average molecular weight is 330 g/mol. The van der Waals surface area contributed by atoms with Gasteiger partial charge in [-0.05, 0) is 46.4 Å². The molecule has 0 fully saturated rings. The topological polar surface area (TPSA) is 46.0 Å². The minimum absolute atomic E-state index is 0.0510. The van der Waals surface area contributed by atoms with E-state index in [1.54, 1.807) is 6.20 Å². The lowest BCUT2D eigenvalue weighted by molar-refractivity contribution is 0.276. The molecule has 0 aliphatic heterocycles. The standard InChI is InChI=1S/C12H15IN2O/c1-12(2)5-3-4-9(12)10-11(13)14-6-8(7-16)15-10/h4,6,16H,3,5,7H2,1-2H3. The summed E-state index contributed by atoms with van der Waals surface area (Å²) >= 11 is 2.20. The van der Waals surface area contributed by atoms with Gasteiger partial charge in [0.1, 0.15) is 3.70 Å². The van der Waals surface area contributed by atoms with Crippen LogP contribution in [-0.2, 0) is 6.61 Å². The Balaban J connectivity index is 2.47. The normalized spacial score (nSPS) is 18.6. The second kappa shape index (κ2) is 4.41. The second-order valence-electron chi connectivity index (χ2n) is 4.70. The molecule has 0 atom stereocenters. The van der Waals surface area contributed by atoms with E-state index in [0.29, 0.717) is 5.69 Å². The van der Waals surface area contributed by atoms with Crippen molar-refractivity contribution in [1.29, 1.82) is 0 Å². The van der Waals surface area contributed by atoms with Crippen LogP contribution in [0.5, 0.6) is 0 Å². The summed E-state index contributed by atoms with van der Waals surface area (Å²) in [5.41, 5.74) is 3.01. The van der Waals surface area contributed by atoms with E-state index in [1.165, 1.54) is 5.57 Å². The molecule has 0 saturated heterocycles. The van der Waals surface area contributed by atoms with E-state index >= 15 is 0 Å². The SMILES string of the molecule is CC1(C)CCC=C1c1nc(CO)cnc1I. The van der Waals surface area contributed by atoms with Crippen molar-refractivity contribution in [3.63, 3.8) is 0 Å². The van der Waals surface area contributed by atoms with Crippen molar-refractivity contribution in [3.8, 4) is 0 Å². The van der Waals surface area contributed by atoms with Crippen LogP contribution in [0.25, 0.3) is 5.57 Å². The first kappa shape index (κ1) is 12.0. The predicted molar refractivity (Wildman–Crippen MR) is 71.7 cm³/mol. The highest BCUT2D eigenvalue weighted by molar-refractivity contribution is 14.1. The molecule has 0 spiro atoms. The lowest BCUT2D eigenvalue weighted by Crippen LogP contribution is -2.12. The van der Waals surface area contributed by atoms with Crippen molar-refractivity contribution in [3.05, 3.63) is 27.4 Å². The molecule has 0 amide bonds. The Morgan fingerprint density at radius 1 is 1.50 bits per heavy atom. The Kier molecular flexibility index (Phi) is 3.30. The highest BCUT2D eigenvalue weighted by atomic mass is 127. The maximum absolute atomic E-state index is 9.10. The van der Waals surface area contributed by atoms with Gasteiger partial charge in [-0.25, -0.2) is 9.97 Å². The van der Waals surface area contributed by atoms with Gasteiger partial charge in [-0.1, -0.05) is 19.9 Å². The van der Waals surface area contributed by atoms with Crippen LogP contribution >= 0.6 is 22.6 Å². The van der Waals surface area contributed by atoms with E-state index in [0.717, 1.165) is 22.2 Å². The molecule has 0 saturated carbocycles. The average Bonchev–Trinajstić information content (AvgIpc) is 2.59. The van der Waals surface area contributed by atoms with Gasteiger partial charge >= 0.3 is 0 Å². The van der Waals surface area contributed by atoms with Crippen molar-refractivity contribution in [2.45, 2.75) is 33.3 Å². The lowest BCUT2D eigenvalue weighted by atomic mass is 9.84. The number of hydrogen-bond donors (Lipinski definition) is 1. The minimum atomic E-state index is -0.0510. The first-order chi connectivity index (χ1) is 7.54. The molecule has 0 bridgehead atoms. The fourth-order valence-corrected chi connectivity index (χ4v) is 2.61. The van der Waals surface area contributed by atoms with Gasteiger partial charge in [-0.2, -0.15) is 0 Å². The number of aliphatic hydroxyl groups is 1. The molecule has 1 aromatic heterocycles. The van der Waals surface area contributed by atoms with Crippen LogP contribution in [0.3, 0.4) is 0 Å². The van der Waals surface area contributed by atoms with Crippen LogP contribution in [0.15, 0.2) is 12.3 Å². The zero-order chi connectivity index (χ0) is 11.8. The number of allylic oxidation sites excluding steroid dienone is 2. The van der Waals surface area contributed by atoms with Crippen LogP contribution in [0.4, 0.5) is 0 Å². The molecule has 0 aromatic carbocycles. The van der Waals surface area contributed by atoms with E-state index in [1.807, 2.05) is 0 Å². The number of nitrogens with zero attached hydrogens (tertiary/aromatic N) is 2. The Hall–Kier alpha value is -0.490. The third-order valence-electron chi connectivity index (χ3n) is 3.04. The Morgan fingerprint density at radius 3 is 2.81 bits per heavy atom. The zero-order valence-corrected chi connectivity index (χ0v) is 11.7. The molecule has 0 radical (unpaired) electrons. The van der Waals surface area contributed by atoms with Gasteiger partial charge in [0.05, 0.1) is 24.2 Å². The van der Waals surface area contributed by atoms with Gasteiger partial charge in [0.2, 0.25) is 0 Å². The van der Waals surface area contributed by atoms with Gasteiger partial charge in [0, 0.05) is 0 Å². The largest absolute Gasteiger partial charge is 0.390 e. The van der Waals surface area contributed by atoms with E-state index in [9.17, 15) is 0 Å². The highest BCUT2D eigenvalue weighted by Gasteiger charge is 2.30. The molecule has 1 aliphatic rings. The summed E-state index contributed by atoms with van der Waals surface area (Å²) in [4.78, 5) is 8.76. The number of halogens is 1. The Morgan fingerprint density at radius 2 is 2.25 bits per heavy atom. The molecule has 86 valence electrons. The van der Waals surface area contributed by atoms with Crippen LogP contribution in [0.2, 0.25) is 0 Å². The molecule has 1 N–H and O–H groups in total. The van der Waals surface area contributed by atoms with Crippen molar-refractivity contribution in [2.75, 3.05) is 0 Å². The number of aromatic nitrogens is 2. The third kappa shape index (κ3) is 2.13. The van der Waals surface area contributed by atoms with Crippen molar-refractivity contribution in [1.82, 2.24) is 9.97 Å². The summed E-state index contributed by atoms with van der Waals surface area (Å²) in [6.07, 6.45) is 6.13. The smallest absolute Gasteiger partial charge is 0.127 e. The first-order valence-electron chi connectivity index (χ1n) is 5.38. The Bertz CT molecular complexity index is 441. The maximum atomic E-state index is 9.10. The molecule has 3 nitrogen and oxygen atoms in total. The second-order valence-corrected chi connectivity index (χ2v) is 5.72. The fourth-order valence-electron chi connectivity index (χ4n) is 2.06. The van der Waals surface area contributed by atoms with Crippen LogP contribution in [0, 0.1) is 9.12 Å². The molecule has 2 rings (SSSR count). The quantitative estimate of drug-likeness (QED) is 0.848. The third-order valence-corrected chi connectivity index (χ3v) is 3.83. The summed E-state index contributed by atoms with van der Waals surface area (Å²) in [5, 5.41) is 9.10. The summed E-state index contributed by atoms with van der Waals surface area (Å²) in [5.74, 6) is 0. The minimum Gasteiger partial charge on any atom is -0.390 e. The number of hydrogen-bond acceptors (Lipinski definition) is 3. The summed E-state index contributed by atoms with van der Waals surface area (Å²) < 4.78 is 0.913. The molecule has 1 aromatic rings. The summed E-state index contributed by atoms with van der Waals surface area (Å²) in [6, 6.07) is 0.